The van der Waals surface area contributed by atoms with Crippen LogP contribution in [-0.4, -0.2) is 37.8 Å². The maximum Gasteiger partial charge on any atom is 0.248 e. The summed E-state index contributed by atoms with van der Waals surface area (Å²) in [6.07, 6.45) is 2.10. The van der Waals surface area contributed by atoms with Gasteiger partial charge in [0.1, 0.15) is 0 Å². The number of amides is 1. The summed E-state index contributed by atoms with van der Waals surface area (Å²) >= 11 is 0. The lowest BCUT2D eigenvalue weighted by Crippen LogP contribution is -2.20. The summed E-state index contributed by atoms with van der Waals surface area (Å²) in [5.74, 6) is 2.36. The second kappa shape index (κ2) is 7.48. The minimum atomic E-state index is -0.373. The molecular weight excluding hydrogens is 344 g/mol. The van der Waals surface area contributed by atoms with E-state index in [4.69, 9.17) is 19.9 Å². The molecule has 0 spiro atoms. The van der Waals surface area contributed by atoms with Crippen molar-refractivity contribution in [3.05, 3.63) is 53.1 Å². The fraction of sp³-hybridized carbons (Fsp3) is 0.381. The van der Waals surface area contributed by atoms with E-state index in [1.54, 1.807) is 13.2 Å². The van der Waals surface area contributed by atoms with Gasteiger partial charge in [0.2, 0.25) is 18.4 Å². The van der Waals surface area contributed by atoms with Crippen molar-refractivity contribution >= 4 is 5.91 Å². The number of hydrogen-bond acceptors (Lipinski definition) is 5. The van der Waals surface area contributed by atoms with Gasteiger partial charge in [0.25, 0.3) is 0 Å². The number of fused-ring (bicyclic) bond motifs is 1. The van der Waals surface area contributed by atoms with Crippen LogP contribution in [0.3, 0.4) is 0 Å². The van der Waals surface area contributed by atoms with Crippen molar-refractivity contribution in [1.82, 2.24) is 4.90 Å². The van der Waals surface area contributed by atoms with Gasteiger partial charge in [-0.05, 0) is 60.7 Å². The van der Waals surface area contributed by atoms with Crippen molar-refractivity contribution in [2.24, 2.45) is 11.7 Å². The van der Waals surface area contributed by atoms with Gasteiger partial charge in [-0.15, -0.1) is 0 Å². The molecule has 2 heterocycles. The first-order valence-corrected chi connectivity index (χ1v) is 9.20. The standard InChI is InChI=1S/C21H24N2O4/c1-25-18-9-16(10-19-20(18)27-13-26-19)12-23-6-5-15(11-23)7-14-3-2-4-17(8-14)21(22)24/h2-4,8-10,15H,5-7,11-13H2,1H3,(H2,22,24)/t15-/m1/s1. The van der Waals surface area contributed by atoms with E-state index < -0.39 is 0 Å². The third-order valence-electron chi connectivity index (χ3n) is 5.23. The van der Waals surface area contributed by atoms with Gasteiger partial charge >= 0.3 is 0 Å². The van der Waals surface area contributed by atoms with Crippen LogP contribution in [0.25, 0.3) is 0 Å². The molecule has 2 aromatic carbocycles. The molecule has 6 nitrogen and oxygen atoms in total. The lowest BCUT2D eigenvalue weighted by Gasteiger charge is -2.17. The zero-order valence-electron chi connectivity index (χ0n) is 15.4. The highest BCUT2D eigenvalue weighted by Crippen LogP contribution is 2.42. The van der Waals surface area contributed by atoms with Gasteiger partial charge in [0, 0.05) is 18.7 Å². The van der Waals surface area contributed by atoms with E-state index in [9.17, 15) is 4.79 Å². The highest BCUT2D eigenvalue weighted by atomic mass is 16.7. The first-order valence-electron chi connectivity index (χ1n) is 9.20. The zero-order chi connectivity index (χ0) is 18.8. The van der Waals surface area contributed by atoms with Crippen molar-refractivity contribution in [2.45, 2.75) is 19.4 Å². The summed E-state index contributed by atoms with van der Waals surface area (Å²) in [6.45, 7) is 3.17. The van der Waals surface area contributed by atoms with Crippen LogP contribution >= 0.6 is 0 Å². The average molecular weight is 368 g/mol. The summed E-state index contributed by atoms with van der Waals surface area (Å²) in [6, 6.07) is 11.7. The molecule has 6 heteroatoms. The Balaban J connectivity index is 1.39. The molecule has 2 N–H and O–H groups in total. The van der Waals surface area contributed by atoms with E-state index in [2.05, 4.69) is 11.0 Å². The summed E-state index contributed by atoms with van der Waals surface area (Å²) in [5, 5.41) is 0. The molecule has 1 amide bonds. The van der Waals surface area contributed by atoms with Crippen LogP contribution < -0.4 is 19.9 Å². The molecule has 2 aliphatic heterocycles. The number of benzene rings is 2. The van der Waals surface area contributed by atoms with Crippen LogP contribution in [-0.2, 0) is 13.0 Å². The number of carbonyl (C=O) groups is 1. The van der Waals surface area contributed by atoms with E-state index in [1.165, 1.54) is 5.56 Å². The van der Waals surface area contributed by atoms with Crippen molar-refractivity contribution in [3.63, 3.8) is 0 Å². The Morgan fingerprint density at radius 3 is 2.96 bits per heavy atom. The van der Waals surface area contributed by atoms with Crippen LogP contribution in [0.4, 0.5) is 0 Å². The number of carbonyl (C=O) groups excluding carboxylic acids is 1. The monoisotopic (exact) mass is 368 g/mol. The molecule has 142 valence electrons. The Labute approximate surface area is 158 Å². The molecule has 0 radical (unpaired) electrons. The lowest BCUT2D eigenvalue weighted by atomic mass is 9.97. The molecule has 0 bridgehead atoms. The van der Waals surface area contributed by atoms with Crippen LogP contribution in [0.1, 0.15) is 27.9 Å². The van der Waals surface area contributed by atoms with Crippen molar-refractivity contribution in [1.29, 1.82) is 0 Å². The summed E-state index contributed by atoms with van der Waals surface area (Å²) in [5.41, 5.74) is 8.29. The van der Waals surface area contributed by atoms with Gasteiger partial charge < -0.3 is 19.9 Å². The van der Waals surface area contributed by atoms with Crippen molar-refractivity contribution in [3.8, 4) is 17.2 Å². The number of nitrogens with zero attached hydrogens (tertiary/aromatic N) is 1. The Bertz CT molecular complexity index is 852. The maximum absolute atomic E-state index is 11.4. The minimum Gasteiger partial charge on any atom is -0.493 e. The minimum absolute atomic E-state index is 0.241. The number of rotatable bonds is 6. The fourth-order valence-corrected chi connectivity index (χ4v) is 3.94. The number of likely N-dealkylation sites (tertiary alicyclic amines) is 1. The Kier molecular flexibility index (Phi) is 4.90. The third-order valence-corrected chi connectivity index (χ3v) is 5.23. The summed E-state index contributed by atoms with van der Waals surface area (Å²) in [7, 11) is 1.65. The second-order valence-corrected chi connectivity index (χ2v) is 7.19. The highest BCUT2D eigenvalue weighted by Gasteiger charge is 2.25. The second-order valence-electron chi connectivity index (χ2n) is 7.19. The molecule has 27 heavy (non-hydrogen) atoms. The van der Waals surface area contributed by atoms with Crippen LogP contribution in [0.2, 0.25) is 0 Å². The van der Waals surface area contributed by atoms with Gasteiger partial charge in [-0.2, -0.15) is 0 Å². The quantitative estimate of drug-likeness (QED) is 0.848. The highest BCUT2D eigenvalue weighted by molar-refractivity contribution is 5.92. The summed E-state index contributed by atoms with van der Waals surface area (Å²) < 4.78 is 16.4. The number of ether oxygens (including phenoxy) is 3. The molecule has 2 aromatic rings. The molecule has 0 aliphatic carbocycles. The molecule has 1 atom stereocenters. The first kappa shape index (κ1) is 17.7. The maximum atomic E-state index is 11.4. The summed E-state index contributed by atoms with van der Waals surface area (Å²) in [4.78, 5) is 13.8. The van der Waals surface area contributed by atoms with E-state index in [0.717, 1.165) is 49.5 Å². The fourth-order valence-electron chi connectivity index (χ4n) is 3.94. The van der Waals surface area contributed by atoms with E-state index in [-0.39, 0.29) is 12.7 Å². The first-order chi connectivity index (χ1) is 13.1. The number of hydrogen-bond donors (Lipinski definition) is 1. The van der Waals surface area contributed by atoms with E-state index in [1.807, 2.05) is 24.3 Å². The normalized spacial score (nSPS) is 18.6. The van der Waals surface area contributed by atoms with Crippen molar-refractivity contribution < 1.29 is 19.0 Å². The molecule has 4 rings (SSSR count). The zero-order valence-corrected chi connectivity index (χ0v) is 15.4. The van der Waals surface area contributed by atoms with Crippen molar-refractivity contribution in [2.75, 3.05) is 27.0 Å². The van der Waals surface area contributed by atoms with Crippen LogP contribution in [0, 0.1) is 5.92 Å². The smallest absolute Gasteiger partial charge is 0.248 e. The SMILES string of the molecule is COc1cc(CN2CC[C@H](Cc3cccc(C(N)=O)c3)C2)cc2c1OCO2. The molecule has 1 fully saturated rings. The Morgan fingerprint density at radius 1 is 1.26 bits per heavy atom. The lowest BCUT2D eigenvalue weighted by molar-refractivity contribution is 0.1000. The topological polar surface area (TPSA) is 74.0 Å². The Hall–Kier alpha value is -2.73. The number of nitrogens with two attached hydrogens (primary N) is 1. The number of methoxy groups -OCH3 is 1. The largest absolute Gasteiger partial charge is 0.493 e. The van der Waals surface area contributed by atoms with Gasteiger partial charge in [-0.25, -0.2) is 0 Å². The third kappa shape index (κ3) is 3.85. The Morgan fingerprint density at radius 2 is 2.15 bits per heavy atom. The molecule has 0 saturated carbocycles. The predicted octanol–water partition coefficient (Wildman–Crippen LogP) is 2.59. The number of primary amides is 1. The molecule has 0 aromatic heterocycles. The van der Waals surface area contributed by atoms with Crippen LogP contribution in [0.15, 0.2) is 36.4 Å². The average Bonchev–Trinajstić information content (AvgIpc) is 3.30. The molecule has 0 unspecified atom stereocenters. The van der Waals surface area contributed by atoms with Crippen LogP contribution in [0.5, 0.6) is 17.2 Å². The van der Waals surface area contributed by atoms with Gasteiger partial charge in [-0.3, -0.25) is 9.69 Å². The predicted molar refractivity (Wildman–Crippen MR) is 101 cm³/mol. The van der Waals surface area contributed by atoms with E-state index >= 15 is 0 Å². The molecular formula is C21H24N2O4. The van der Waals surface area contributed by atoms with Gasteiger partial charge in [0.15, 0.2) is 11.5 Å². The van der Waals surface area contributed by atoms with Gasteiger partial charge in [-0.1, -0.05) is 12.1 Å². The molecule has 2 aliphatic rings. The van der Waals surface area contributed by atoms with Gasteiger partial charge in [0.05, 0.1) is 7.11 Å². The van der Waals surface area contributed by atoms with E-state index in [0.29, 0.717) is 17.2 Å². The molecule has 1 saturated heterocycles.